The molecule has 0 radical (unpaired) electrons. The smallest absolute Gasteiger partial charge is 0.319 e. The monoisotopic (exact) mass is 435 g/mol. The molecule has 0 aliphatic rings. The van der Waals surface area contributed by atoms with Gasteiger partial charge in [-0.3, -0.25) is 4.98 Å². The molecule has 0 fully saturated rings. The molecule has 0 aliphatic carbocycles. The highest BCUT2D eigenvalue weighted by atomic mass is 35.5. The molecule has 0 spiro atoms. The van der Waals surface area contributed by atoms with Gasteiger partial charge < -0.3 is 10.6 Å². The third kappa shape index (κ3) is 4.81. The molecule has 9 heteroatoms. The van der Waals surface area contributed by atoms with E-state index in [4.69, 9.17) is 23.2 Å². The van der Waals surface area contributed by atoms with Gasteiger partial charge in [0.05, 0.1) is 14.8 Å². The number of hydrogen-bond donors (Lipinski definition) is 2. The van der Waals surface area contributed by atoms with Crippen LogP contribution in [0.15, 0.2) is 76.8 Å². The SMILES string of the molecule is O=C(NCc1ccncc1)Nc1ccc(S(=O)(=O)c2ccc(Cl)cc2Cl)cc1. The van der Waals surface area contributed by atoms with Crippen LogP contribution in [0.2, 0.25) is 10.0 Å². The summed E-state index contributed by atoms with van der Waals surface area (Å²) in [7, 11) is -3.80. The number of amides is 2. The number of halogens is 2. The Morgan fingerprint density at radius 3 is 2.29 bits per heavy atom. The minimum absolute atomic E-state index is 0.0330. The molecular weight excluding hydrogens is 421 g/mol. The summed E-state index contributed by atoms with van der Waals surface area (Å²) in [6.07, 6.45) is 3.28. The van der Waals surface area contributed by atoms with Crippen molar-refractivity contribution in [2.45, 2.75) is 16.3 Å². The Labute approximate surface area is 172 Å². The van der Waals surface area contributed by atoms with E-state index in [1.54, 1.807) is 24.5 Å². The van der Waals surface area contributed by atoms with Crippen LogP contribution < -0.4 is 10.6 Å². The van der Waals surface area contributed by atoms with E-state index in [1.807, 2.05) is 0 Å². The van der Waals surface area contributed by atoms with Crippen LogP contribution in [-0.2, 0) is 16.4 Å². The van der Waals surface area contributed by atoms with Crippen LogP contribution in [0, 0.1) is 0 Å². The molecule has 144 valence electrons. The predicted molar refractivity (Wildman–Crippen MR) is 108 cm³/mol. The first-order valence-corrected chi connectivity index (χ1v) is 10.3. The Hall–Kier alpha value is -2.61. The van der Waals surface area contributed by atoms with E-state index >= 15 is 0 Å². The van der Waals surface area contributed by atoms with Crippen molar-refractivity contribution in [2.24, 2.45) is 0 Å². The molecule has 2 amide bonds. The zero-order chi connectivity index (χ0) is 20.1. The zero-order valence-electron chi connectivity index (χ0n) is 14.4. The topological polar surface area (TPSA) is 88.2 Å². The number of pyridine rings is 1. The van der Waals surface area contributed by atoms with Crippen molar-refractivity contribution in [1.82, 2.24) is 10.3 Å². The lowest BCUT2D eigenvalue weighted by Crippen LogP contribution is -2.28. The van der Waals surface area contributed by atoms with E-state index < -0.39 is 15.9 Å². The Morgan fingerprint density at radius 2 is 1.64 bits per heavy atom. The molecule has 28 heavy (non-hydrogen) atoms. The maximum Gasteiger partial charge on any atom is 0.319 e. The molecule has 2 aromatic carbocycles. The molecule has 0 bridgehead atoms. The van der Waals surface area contributed by atoms with Crippen LogP contribution in [0.25, 0.3) is 0 Å². The van der Waals surface area contributed by atoms with Crippen LogP contribution in [0.1, 0.15) is 5.56 Å². The first kappa shape index (κ1) is 20.1. The molecule has 0 unspecified atom stereocenters. The van der Waals surface area contributed by atoms with Crippen molar-refractivity contribution in [2.75, 3.05) is 5.32 Å². The number of urea groups is 1. The van der Waals surface area contributed by atoms with Gasteiger partial charge in [-0.2, -0.15) is 0 Å². The van der Waals surface area contributed by atoms with Crippen molar-refractivity contribution in [1.29, 1.82) is 0 Å². The Morgan fingerprint density at radius 1 is 0.964 bits per heavy atom. The highest BCUT2D eigenvalue weighted by Crippen LogP contribution is 2.30. The van der Waals surface area contributed by atoms with Gasteiger partial charge in [0, 0.05) is 29.6 Å². The summed E-state index contributed by atoms with van der Waals surface area (Å²) >= 11 is 11.8. The zero-order valence-corrected chi connectivity index (χ0v) is 16.7. The molecule has 0 aliphatic heterocycles. The fourth-order valence-corrected chi connectivity index (χ4v) is 4.42. The molecular formula is C19H15Cl2N3O3S. The number of carbonyl (C=O) groups excluding carboxylic acids is 1. The van der Waals surface area contributed by atoms with E-state index in [9.17, 15) is 13.2 Å². The van der Waals surface area contributed by atoms with Gasteiger partial charge in [-0.25, -0.2) is 13.2 Å². The highest BCUT2D eigenvalue weighted by molar-refractivity contribution is 7.91. The first-order chi connectivity index (χ1) is 13.4. The molecule has 1 aromatic heterocycles. The van der Waals surface area contributed by atoms with Crippen LogP contribution >= 0.6 is 23.2 Å². The van der Waals surface area contributed by atoms with Gasteiger partial charge in [0.15, 0.2) is 0 Å². The quantitative estimate of drug-likeness (QED) is 0.615. The van der Waals surface area contributed by atoms with Crippen molar-refractivity contribution in [3.8, 4) is 0 Å². The molecule has 2 N–H and O–H groups in total. The molecule has 0 saturated carbocycles. The standard InChI is InChI=1S/C19H15Cl2N3O3S/c20-14-1-6-18(17(21)11-14)28(26,27)16-4-2-15(3-5-16)24-19(25)23-12-13-7-9-22-10-8-13/h1-11H,12H2,(H2,23,24,25). The number of hydrogen-bond acceptors (Lipinski definition) is 4. The molecule has 3 aromatic rings. The van der Waals surface area contributed by atoms with Gasteiger partial charge in [-0.15, -0.1) is 0 Å². The third-order valence-corrected chi connectivity index (χ3v) is 6.30. The number of nitrogens with one attached hydrogen (secondary N) is 2. The van der Waals surface area contributed by atoms with Gasteiger partial charge >= 0.3 is 6.03 Å². The number of sulfone groups is 1. The van der Waals surface area contributed by atoms with Gasteiger partial charge in [0.1, 0.15) is 0 Å². The number of aromatic nitrogens is 1. The summed E-state index contributed by atoms with van der Waals surface area (Å²) < 4.78 is 25.5. The highest BCUT2D eigenvalue weighted by Gasteiger charge is 2.21. The average molecular weight is 436 g/mol. The lowest BCUT2D eigenvalue weighted by molar-refractivity contribution is 0.251. The van der Waals surface area contributed by atoms with E-state index in [-0.39, 0.29) is 14.8 Å². The predicted octanol–water partition coefficient (Wildman–Crippen LogP) is 4.54. The van der Waals surface area contributed by atoms with E-state index in [2.05, 4.69) is 15.6 Å². The lowest BCUT2D eigenvalue weighted by atomic mass is 10.3. The Bertz CT molecular complexity index is 1090. The summed E-state index contributed by atoms with van der Waals surface area (Å²) in [5, 5.41) is 5.75. The number of benzene rings is 2. The largest absolute Gasteiger partial charge is 0.334 e. The summed E-state index contributed by atoms with van der Waals surface area (Å²) in [5.74, 6) is 0. The number of carbonyl (C=O) groups is 1. The fraction of sp³-hybridized carbons (Fsp3) is 0.0526. The van der Waals surface area contributed by atoms with Crippen molar-refractivity contribution in [3.05, 3.63) is 82.6 Å². The first-order valence-electron chi connectivity index (χ1n) is 8.10. The molecule has 6 nitrogen and oxygen atoms in total. The van der Waals surface area contributed by atoms with Gasteiger partial charge in [0.2, 0.25) is 9.84 Å². The fourth-order valence-electron chi connectivity index (χ4n) is 2.40. The molecule has 3 rings (SSSR count). The van der Waals surface area contributed by atoms with Gasteiger partial charge in [0.25, 0.3) is 0 Å². The van der Waals surface area contributed by atoms with Crippen molar-refractivity contribution >= 4 is 44.8 Å². The number of rotatable bonds is 5. The summed E-state index contributed by atoms with van der Waals surface area (Å²) in [6, 6.07) is 13.2. The maximum absolute atomic E-state index is 12.7. The van der Waals surface area contributed by atoms with E-state index in [0.29, 0.717) is 17.3 Å². The summed E-state index contributed by atoms with van der Waals surface area (Å²) in [6.45, 7) is 0.343. The van der Waals surface area contributed by atoms with Crippen LogP contribution in [0.3, 0.4) is 0 Å². The Kier molecular flexibility index (Phi) is 6.18. The average Bonchev–Trinajstić information content (AvgIpc) is 2.67. The number of anilines is 1. The normalized spacial score (nSPS) is 11.1. The molecule has 0 saturated heterocycles. The summed E-state index contributed by atoms with van der Waals surface area (Å²) in [5.41, 5.74) is 1.36. The van der Waals surface area contributed by atoms with Crippen molar-refractivity contribution < 1.29 is 13.2 Å². The molecule has 1 heterocycles. The van der Waals surface area contributed by atoms with E-state index in [0.717, 1.165) is 5.56 Å². The van der Waals surface area contributed by atoms with Gasteiger partial charge in [-0.1, -0.05) is 23.2 Å². The second kappa shape index (κ2) is 8.60. The van der Waals surface area contributed by atoms with Crippen molar-refractivity contribution in [3.63, 3.8) is 0 Å². The molecule has 0 atom stereocenters. The minimum atomic E-state index is -3.80. The number of nitrogens with zero attached hydrogens (tertiary/aromatic N) is 1. The lowest BCUT2D eigenvalue weighted by Gasteiger charge is -2.10. The Balaban J connectivity index is 1.68. The van der Waals surface area contributed by atoms with Gasteiger partial charge in [-0.05, 0) is 60.2 Å². The third-order valence-electron chi connectivity index (χ3n) is 3.81. The maximum atomic E-state index is 12.7. The minimum Gasteiger partial charge on any atom is -0.334 e. The second-order valence-electron chi connectivity index (χ2n) is 5.77. The van der Waals surface area contributed by atoms with Crippen LogP contribution in [0.5, 0.6) is 0 Å². The summed E-state index contributed by atoms with van der Waals surface area (Å²) in [4.78, 5) is 15.9. The van der Waals surface area contributed by atoms with E-state index in [1.165, 1.54) is 42.5 Å². The van der Waals surface area contributed by atoms with Crippen LogP contribution in [0.4, 0.5) is 10.5 Å². The van der Waals surface area contributed by atoms with Crippen LogP contribution in [-0.4, -0.2) is 19.4 Å². The second-order valence-corrected chi connectivity index (χ2v) is 8.53.